The monoisotopic (exact) mass is 639 g/mol. The van der Waals surface area contributed by atoms with Gasteiger partial charge in [0.2, 0.25) is 21.8 Å². The van der Waals surface area contributed by atoms with Crippen LogP contribution in [0.2, 0.25) is 10.0 Å². The summed E-state index contributed by atoms with van der Waals surface area (Å²) in [4.78, 5) is 28.6. The Balaban J connectivity index is 2.06. The Morgan fingerprint density at radius 3 is 2.24 bits per heavy atom. The van der Waals surface area contributed by atoms with E-state index in [0.717, 1.165) is 20.6 Å². The van der Waals surface area contributed by atoms with Crippen LogP contribution in [0, 0.1) is 0 Å². The van der Waals surface area contributed by atoms with E-state index >= 15 is 0 Å². The summed E-state index contributed by atoms with van der Waals surface area (Å²) < 4.78 is 27.3. The summed E-state index contributed by atoms with van der Waals surface area (Å²) >= 11 is 15.8. The summed E-state index contributed by atoms with van der Waals surface area (Å²) in [6, 6.07) is 19.9. The van der Waals surface area contributed by atoms with E-state index in [9.17, 15) is 18.0 Å². The molecule has 1 N–H and O–H groups in total. The Morgan fingerprint density at radius 1 is 1.00 bits per heavy atom. The number of carbonyl (C=O) groups is 2. The van der Waals surface area contributed by atoms with Crippen LogP contribution in [0.1, 0.15) is 18.1 Å². The maximum absolute atomic E-state index is 13.9. The molecule has 2 amide bonds. The molecule has 0 aliphatic rings. The van der Waals surface area contributed by atoms with Gasteiger partial charge in [-0.3, -0.25) is 13.9 Å². The largest absolute Gasteiger partial charge is 0.355 e. The predicted molar refractivity (Wildman–Crippen MR) is 156 cm³/mol. The van der Waals surface area contributed by atoms with Crippen LogP contribution in [-0.2, 0) is 32.6 Å². The molecule has 0 saturated carbocycles. The fourth-order valence-electron chi connectivity index (χ4n) is 3.90. The Labute approximate surface area is 241 Å². The molecule has 0 fully saturated rings. The van der Waals surface area contributed by atoms with Crippen LogP contribution in [0.15, 0.2) is 77.3 Å². The van der Waals surface area contributed by atoms with Gasteiger partial charge in [-0.2, -0.15) is 0 Å². The minimum absolute atomic E-state index is 0.0264. The summed E-state index contributed by atoms with van der Waals surface area (Å²) in [7, 11) is -3.83. The molecular weight excluding hydrogens is 613 g/mol. The summed E-state index contributed by atoms with van der Waals surface area (Å²) in [5, 5.41) is 3.57. The van der Waals surface area contributed by atoms with Gasteiger partial charge in [0.25, 0.3) is 0 Å². The predicted octanol–water partition coefficient (Wildman–Crippen LogP) is 5.30. The van der Waals surface area contributed by atoms with Crippen molar-refractivity contribution < 1.29 is 18.0 Å². The van der Waals surface area contributed by atoms with Crippen LogP contribution in [-0.4, -0.2) is 50.5 Å². The van der Waals surface area contributed by atoms with Gasteiger partial charge in [0.05, 0.1) is 11.9 Å². The van der Waals surface area contributed by atoms with Gasteiger partial charge in [-0.25, -0.2) is 8.42 Å². The van der Waals surface area contributed by atoms with Crippen molar-refractivity contribution >= 4 is 66.7 Å². The summed E-state index contributed by atoms with van der Waals surface area (Å²) in [6.45, 7) is 1.62. The van der Waals surface area contributed by atoms with Crippen molar-refractivity contribution in [2.45, 2.75) is 25.9 Å². The number of benzene rings is 3. The molecule has 0 radical (unpaired) electrons. The summed E-state index contributed by atoms with van der Waals surface area (Å²) in [6.07, 6.45) is 1.26. The molecule has 0 saturated heterocycles. The number of rotatable bonds is 11. The van der Waals surface area contributed by atoms with Crippen molar-refractivity contribution in [2.75, 3.05) is 23.7 Å². The minimum atomic E-state index is -3.83. The highest BCUT2D eigenvalue weighted by atomic mass is 79.9. The van der Waals surface area contributed by atoms with E-state index in [0.29, 0.717) is 27.8 Å². The minimum Gasteiger partial charge on any atom is -0.355 e. The topological polar surface area (TPSA) is 86.8 Å². The molecular formula is C27H28BrCl2N3O4S. The molecule has 3 aromatic carbocycles. The number of hydrogen-bond acceptors (Lipinski definition) is 4. The molecule has 7 nitrogen and oxygen atoms in total. The van der Waals surface area contributed by atoms with Crippen molar-refractivity contribution in [3.05, 3.63) is 98.4 Å². The first-order chi connectivity index (χ1) is 18.0. The van der Waals surface area contributed by atoms with Crippen molar-refractivity contribution in [1.29, 1.82) is 0 Å². The quantitative estimate of drug-likeness (QED) is 0.308. The van der Waals surface area contributed by atoms with Gasteiger partial charge in [0, 0.05) is 34.0 Å². The molecule has 0 spiro atoms. The van der Waals surface area contributed by atoms with Crippen molar-refractivity contribution in [3.8, 4) is 0 Å². The van der Waals surface area contributed by atoms with E-state index < -0.39 is 28.5 Å². The molecule has 0 aromatic heterocycles. The average molecular weight is 641 g/mol. The lowest BCUT2D eigenvalue weighted by atomic mass is 10.0. The van der Waals surface area contributed by atoms with Crippen LogP contribution in [0.4, 0.5) is 5.69 Å². The van der Waals surface area contributed by atoms with Gasteiger partial charge in [0.15, 0.2) is 0 Å². The molecule has 3 aromatic rings. The van der Waals surface area contributed by atoms with Crippen LogP contribution in [0.25, 0.3) is 0 Å². The highest BCUT2D eigenvalue weighted by molar-refractivity contribution is 9.10. The van der Waals surface area contributed by atoms with Crippen molar-refractivity contribution in [1.82, 2.24) is 10.2 Å². The summed E-state index contributed by atoms with van der Waals surface area (Å²) in [5.74, 6) is -0.916. The molecule has 0 unspecified atom stereocenters. The SMILES string of the molecule is CCNC(=O)[C@H](Cc1ccccc1)N(Cc1ccc(Cl)cc1Cl)C(=O)CN(c1ccc(Br)cc1)S(C)(=O)=O. The van der Waals surface area contributed by atoms with E-state index in [-0.39, 0.29) is 18.9 Å². The van der Waals surface area contributed by atoms with Crippen LogP contribution in [0.5, 0.6) is 0 Å². The molecule has 0 bridgehead atoms. The standard InChI is InChI=1S/C27H28BrCl2N3O4S/c1-3-31-27(35)25(15-19-7-5-4-6-8-19)32(17-20-9-12-22(29)16-24(20)30)26(34)18-33(38(2,36)37)23-13-10-21(28)11-14-23/h4-14,16,25H,3,15,17-18H2,1-2H3,(H,31,35)/t25-/m0/s1. The first kappa shape index (κ1) is 30.0. The third-order valence-corrected chi connectivity index (χ3v) is 8.03. The average Bonchev–Trinajstić information content (AvgIpc) is 2.86. The van der Waals surface area contributed by atoms with Gasteiger partial charge in [-0.15, -0.1) is 0 Å². The molecule has 11 heteroatoms. The van der Waals surface area contributed by atoms with Gasteiger partial charge < -0.3 is 10.2 Å². The molecule has 38 heavy (non-hydrogen) atoms. The highest BCUT2D eigenvalue weighted by Crippen LogP contribution is 2.26. The van der Waals surface area contributed by atoms with E-state index in [4.69, 9.17) is 23.2 Å². The zero-order chi connectivity index (χ0) is 27.9. The normalized spacial score (nSPS) is 12.0. The molecule has 0 aliphatic heterocycles. The van der Waals surface area contributed by atoms with Gasteiger partial charge in [0.1, 0.15) is 12.6 Å². The van der Waals surface area contributed by atoms with Crippen molar-refractivity contribution in [3.63, 3.8) is 0 Å². The van der Waals surface area contributed by atoms with Gasteiger partial charge >= 0.3 is 0 Å². The number of anilines is 1. The van der Waals surface area contributed by atoms with Crippen LogP contribution >= 0.6 is 39.1 Å². The fraction of sp³-hybridized carbons (Fsp3) is 0.259. The van der Waals surface area contributed by atoms with E-state index in [1.54, 1.807) is 49.4 Å². The van der Waals surface area contributed by atoms with E-state index in [1.807, 2.05) is 30.3 Å². The Bertz CT molecular complexity index is 1370. The lowest BCUT2D eigenvalue weighted by Gasteiger charge is -2.33. The van der Waals surface area contributed by atoms with Crippen LogP contribution in [0.3, 0.4) is 0 Å². The second kappa shape index (κ2) is 13.5. The van der Waals surface area contributed by atoms with Crippen LogP contribution < -0.4 is 9.62 Å². The Hall–Kier alpha value is -2.59. The third-order valence-electron chi connectivity index (χ3n) is 5.77. The number of carbonyl (C=O) groups excluding carboxylic acids is 2. The second-order valence-corrected chi connectivity index (χ2v) is 12.3. The number of sulfonamides is 1. The molecule has 0 aliphatic carbocycles. The van der Waals surface area contributed by atoms with E-state index in [1.165, 1.54) is 4.90 Å². The maximum atomic E-state index is 13.9. The lowest BCUT2D eigenvalue weighted by Crippen LogP contribution is -2.53. The zero-order valence-electron chi connectivity index (χ0n) is 20.9. The number of amides is 2. The van der Waals surface area contributed by atoms with Gasteiger partial charge in [-0.1, -0.05) is 75.5 Å². The Morgan fingerprint density at radius 2 is 1.66 bits per heavy atom. The fourth-order valence-corrected chi connectivity index (χ4v) is 5.48. The maximum Gasteiger partial charge on any atom is 0.244 e. The molecule has 3 rings (SSSR count). The third kappa shape index (κ3) is 8.20. The number of halogens is 3. The first-order valence-electron chi connectivity index (χ1n) is 11.8. The van der Waals surface area contributed by atoms with Gasteiger partial charge in [-0.05, 0) is 54.4 Å². The number of likely N-dealkylation sites (N-methyl/N-ethyl adjacent to an activating group) is 1. The summed E-state index contributed by atoms with van der Waals surface area (Å²) in [5.41, 5.74) is 1.74. The second-order valence-electron chi connectivity index (χ2n) is 8.60. The Kier molecular flexibility index (Phi) is 10.6. The molecule has 202 valence electrons. The first-order valence-corrected chi connectivity index (χ1v) is 15.2. The zero-order valence-corrected chi connectivity index (χ0v) is 24.8. The number of hydrogen-bond donors (Lipinski definition) is 1. The number of nitrogens with one attached hydrogen (secondary N) is 1. The van der Waals surface area contributed by atoms with E-state index in [2.05, 4.69) is 21.2 Å². The molecule has 1 atom stereocenters. The molecule has 0 heterocycles. The lowest BCUT2D eigenvalue weighted by molar-refractivity contribution is -0.140. The highest BCUT2D eigenvalue weighted by Gasteiger charge is 2.33. The smallest absolute Gasteiger partial charge is 0.244 e. The number of nitrogens with zero attached hydrogens (tertiary/aromatic N) is 2. The van der Waals surface area contributed by atoms with Crippen molar-refractivity contribution in [2.24, 2.45) is 0 Å².